The number of benzene rings is 2. The van der Waals surface area contributed by atoms with Gasteiger partial charge in [-0.25, -0.2) is 0 Å². The molecule has 0 saturated carbocycles. The highest BCUT2D eigenvalue weighted by molar-refractivity contribution is 9.10. The third-order valence-corrected chi connectivity index (χ3v) is 6.54. The normalized spacial score (nSPS) is 15.7. The van der Waals surface area contributed by atoms with Gasteiger partial charge in [0, 0.05) is 58.3 Å². The van der Waals surface area contributed by atoms with Crippen molar-refractivity contribution in [3.63, 3.8) is 0 Å². The number of H-pyrrole nitrogens is 1. The van der Waals surface area contributed by atoms with Crippen LogP contribution in [-0.4, -0.2) is 48.4 Å². The Morgan fingerprint density at radius 3 is 2.69 bits per heavy atom. The van der Waals surface area contributed by atoms with Crippen LogP contribution in [0.1, 0.15) is 6.42 Å². The van der Waals surface area contributed by atoms with Crippen molar-refractivity contribution in [3.8, 4) is 0 Å². The van der Waals surface area contributed by atoms with Gasteiger partial charge >= 0.3 is 0 Å². The Morgan fingerprint density at radius 2 is 1.85 bits per heavy atom. The fourth-order valence-corrected chi connectivity index (χ4v) is 5.04. The van der Waals surface area contributed by atoms with E-state index in [1.54, 1.807) is 0 Å². The van der Waals surface area contributed by atoms with Gasteiger partial charge in [0.25, 0.3) is 0 Å². The van der Waals surface area contributed by atoms with Crippen LogP contribution in [0, 0.1) is 0 Å². The molecule has 26 heavy (non-hydrogen) atoms. The second-order valence-corrected chi connectivity index (χ2v) is 8.79. The van der Waals surface area contributed by atoms with E-state index in [-0.39, 0.29) is 0 Å². The van der Waals surface area contributed by atoms with Gasteiger partial charge in [0.2, 0.25) is 0 Å². The van der Waals surface area contributed by atoms with Gasteiger partial charge in [-0.3, -0.25) is 4.90 Å². The number of aromatic nitrogens is 1. The van der Waals surface area contributed by atoms with E-state index in [2.05, 4.69) is 79.2 Å². The SMILES string of the molecule is Brc1cccc(SCCCN2CCN(c3cccc4[nH]ccc34)CC2)c1. The first-order valence-corrected chi connectivity index (χ1v) is 11.0. The van der Waals surface area contributed by atoms with Crippen molar-refractivity contribution in [2.45, 2.75) is 11.3 Å². The van der Waals surface area contributed by atoms with Gasteiger partial charge in [0.1, 0.15) is 0 Å². The van der Waals surface area contributed by atoms with Crippen LogP contribution in [0.5, 0.6) is 0 Å². The van der Waals surface area contributed by atoms with Gasteiger partial charge in [-0.05, 0) is 55.1 Å². The lowest BCUT2D eigenvalue weighted by Gasteiger charge is -2.36. The number of anilines is 1. The summed E-state index contributed by atoms with van der Waals surface area (Å²) in [5.41, 5.74) is 2.60. The molecule has 2 aromatic carbocycles. The van der Waals surface area contributed by atoms with Crippen molar-refractivity contribution in [2.75, 3.05) is 43.4 Å². The lowest BCUT2D eigenvalue weighted by molar-refractivity contribution is 0.259. The number of hydrogen-bond acceptors (Lipinski definition) is 3. The number of piperazine rings is 1. The number of hydrogen-bond donors (Lipinski definition) is 1. The third kappa shape index (κ3) is 4.27. The number of nitrogens with zero attached hydrogens (tertiary/aromatic N) is 2. The summed E-state index contributed by atoms with van der Waals surface area (Å²) in [6.07, 6.45) is 3.28. The number of halogens is 1. The van der Waals surface area contributed by atoms with Crippen molar-refractivity contribution in [1.82, 2.24) is 9.88 Å². The molecule has 0 aliphatic carbocycles. The molecule has 2 heterocycles. The smallest absolute Gasteiger partial charge is 0.0474 e. The number of thioether (sulfide) groups is 1. The maximum atomic E-state index is 3.54. The second-order valence-electron chi connectivity index (χ2n) is 6.70. The largest absolute Gasteiger partial charge is 0.368 e. The summed E-state index contributed by atoms with van der Waals surface area (Å²) in [5.74, 6) is 1.18. The molecule has 1 aliphatic rings. The number of fused-ring (bicyclic) bond motifs is 1. The highest BCUT2D eigenvalue weighted by atomic mass is 79.9. The van der Waals surface area contributed by atoms with E-state index in [0.717, 1.165) is 30.7 Å². The van der Waals surface area contributed by atoms with Gasteiger partial charge in [-0.15, -0.1) is 11.8 Å². The van der Waals surface area contributed by atoms with E-state index < -0.39 is 0 Å². The van der Waals surface area contributed by atoms with Crippen molar-refractivity contribution >= 4 is 44.3 Å². The third-order valence-electron chi connectivity index (χ3n) is 4.97. The van der Waals surface area contributed by atoms with Crippen LogP contribution in [0.4, 0.5) is 5.69 Å². The highest BCUT2D eigenvalue weighted by Gasteiger charge is 2.18. The molecule has 5 heteroatoms. The summed E-state index contributed by atoms with van der Waals surface area (Å²) >= 11 is 5.50. The molecule has 1 aliphatic heterocycles. The molecule has 3 nitrogen and oxygen atoms in total. The van der Waals surface area contributed by atoms with Gasteiger partial charge in [0.05, 0.1) is 0 Å². The molecule has 0 unspecified atom stereocenters. The first kappa shape index (κ1) is 18.0. The van der Waals surface area contributed by atoms with Crippen molar-refractivity contribution < 1.29 is 0 Å². The van der Waals surface area contributed by atoms with Crippen molar-refractivity contribution in [3.05, 3.63) is 59.2 Å². The molecular weight excluding hydrogens is 406 g/mol. The summed E-state index contributed by atoms with van der Waals surface area (Å²) in [5, 5.41) is 1.34. The molecule has 1 saturated heterocycles. The Bertz CT molecular complexity index is 855. The summed E-state index contributed by atoms with van der Waals surface area (Å²) in [6, 6.07) is 17.3. The average Bonchev–Trinajstić information content (AvgIpc) is 3.15. The quantitative estimate of drug-likeness (QED) is 0.428. The lowest BCUT2D eigenvalue weighted by atomic mass is 10.1. The first-order valence-electron chi connectivity index (χ1n) is 9.21. The Hall–Kier alpha value is -1.43. The minimum atomic E-state index is 1.11. The van der Waals surface area contributed by atoms with Gasteiger partial charge < -0.3 is 9.88 Å². The van der Waals surface area contributed by atoms with E-state index >= 15 is 0 Å². The maximum Gasteiger partial charge on any atom is 0.0474 e. The molecule has 0 spiro atoms. The zero-order valence-electron chi connectivity index (χ0n) is 14.8. The molecule has 4 rings (SSSR count). The van der Waals surface area contributed by atoms with Crippen LogP contribution in [-0.2, 0) is 0 Å². The van der Waals surface area contributed by atoms with E-state index in [0.29, 0.717) is 0 Å². The zero-order valence-corrected chi connectivity index (χ0v) is 17.2. The van der Waals surface area contributed by atoms with Crippen molar-refractivity contribution in [2.24, 2.45) is 0 Å². The second kappa shape index (κ2) is 8.51. The highest BCUT2D eigenvalue weighted by Crippen LogP contribution is 2.27. The average molecular weight is 430 g/mol. The Kier molecular flexibility index (Phi) is 5.88. The number of rotatable bonds is 6. The van der Waals surface area contributed by atoms with Gasteiger partial charge in [-0.2, -0.15) is 0 Å². The molecule has 1 fully saturated rings. The molecule has 0 bridgehead atoms. The monoisotopic (exact) mass is 429 g/mol. The molecule has 1 N–H and O–H groups in total. The first-order chi connectivity index (χ1) is 12.8. The van der Waals surface area contributed by atoms with Crippen LogP contribution in [0.3, 0.4) is 0 Å². The fourth-order valence-electron chi connectivity index (χ4n) is 3.59. The van der Waals surface area contributed by atoms with E-state index in [9.17, 15) is 0 Å². The van der Waals surface area contributed by atoms with Crippen molar-refractivity contribution in [1.29, 1.82) is 0 Å². The van der Waals surface area contributed by atoms with E-state index in [4.69, 9.17) is 0 Å². The summed E-state index contributed by atoms with van der Waals surface area (Å²) < 4.78 is 1.16. The fraction of sp³-hybridized carbons (Fsp3) is 0.333. The summed E-state index contributed by atoms with van der Waals surface area (Å²) in [6.45, 7) is 5.74. The molecule has 0 amide bonds. The molecule has 0 radical (unpaired) electrons. The van der Waals surface area contributed by atoms with Gasteiger partial charge in [0.15, 0.2) is 0 Å². The van der Waals surface area contributed by atoms with E-state index in [1.165, 1.54) is 40.2 Å². The maximum absolute atomic E-state index is 3.54. The van der Waals surface area contributed by atoms with Crippen LogP contribution in [0.2, 0.25) is 0 Å². The Morgan fingerprint density at radius 1 is 1.00 bits per heavy atom. The summed E-state index contributed by atoms with van der Waals surface area (Å²) in [4.78, 5) is 9.80. The molecule has 3 aromatic rings. The Balaban J connectivity index is 1.23. The molecule has 1 aromatic heterocycles. The molecular formula is C21H24BrN3S. The lowest BCUT2D eigenvalue weighted by Crippen LogP contribution is -2.46. The predicted octanol–water partition coefficient (Wildman–Crippen LogP) is 5.23. The van der Waals surface area contributed by atoms with Crippen LogP contribution >= 0.6 is 27.7 Å². The van der Waals surface area contributed by atoms with E-state index in [1.807, 2.05) is 18.0 Å². The van der Waals surface area contributed by atoms with Crippen LogP contribution in [0.25, 0.3) is 10.9 Å². The zero-order chi connectivity index (χ0) is 17.8. The molecule has 136 valence electrons. The minimum Gasteiger partial charge on any atom is -0.368 e. The number of aromatic amines is 1. The molecule has 0 atom stereocenters. The van der Waals surface area contributed by atoms with Crippen LogP contribution < -0.4 is 4.90 Å². The topological polar surface area (TPSA) is 22.3 Å². The number of nitrogens with one attached hydrogen (secondary N) is 1. The standard InChI is InChI=1S/C21H24BrN3S/c22-17-4-1-5-18(16-17)26-15-3-10-24-11-13-25(14-12-24)21-7-2-6-20-19(21)8-9-23-20/h1-2,4-9,16,23H,3,10-15H2. The Labute approximate surface area is 167 Å². The minimum absolute atomic E-state index is 1.11. The summed E-state index contributed by atoms with van der Waals surface area (Å²) in [7, 11) is 0. The predicted molar refractivity (Wildman–Crippen MR) is 116 cm³/mol. The van der Waals surface area contributed by atoms with Gasteiger partial charge in [-0.1, -0.05) is 28.1 Å². The van der Waals surface area contributed by atoms with Crippen LogP contribution in [0.15, 0.2) is 64.1 Å².